The van der Waals surface area contributed by atoms with Crippen molar-refractivity contribution in [2.24, 2.45) is 0 Å². The first-order chi connectivity index (χ1) is 8.54. The van der Waals surface area contributed by atoms with Crippen molar-refractivity contribution >= 4 is 0 Å². The van der Waals surface area contributed by atoms with Crippen molar-refractivity contribution in [3.63, 3.8) is 0 Å². The van der Waals surface area contributed by atoms with Gasteiger partial charge in [0.2, 0.25) is 0 Å². The molecule has 0 spiro atoms. The van der Waals surface area contributed by atoms with Gasteiger partial charge < -0.3 is 5.11 Å². The molecule has 0 aliphatic rings. The fourth-order valence-electron chi connectivity index (χ4n) is 1.90. The summed E-state index contributed by atoms with van der Waals surface area (Å²) in [6.07, 6.45) is 1.94. The quantitative estimate of drug-likeness (QED) is 0.904. The molecule has 1 atom stereocenters. The second-order valence-electron chi connectivity index (χ2n) is 4.57. The molecule has 2 rings (SSSR count). The molecule has 0 fully saturated rings. The molecule has 0 aromatic carbocycles. The number of aliphatic hydroxyl groups excluding tert-OH is 1. The lowest BCUT2D eigenvalue weighted by molar-refractivity contribution is 0.169. The van der Waals surface area contributed by atoms with E-state index in [-0.39, 0.29) is 0 Å². The minimum Gasteiger partial charge on any atom is -0.387 e. The Labute approximate surface area is 107 Å². The Morgan fingerprint density at radius 3 is 2.44 bits per heavy atom. The van der Waals surface area contributed by atoms with Crippen LogP contribution < -0.4 is 0 Å². The molecule has 2 aromatic rings. The van der Waals surface area contributed by atoms with Gasteiger partial charge in [0.05, 0.1) is 29.4 Å². The maximum Gasteiger partial charge on any atom is 0.0957 e. The SMILES string of the molecule is CC[C@@H](O)c1ccc(-n2nc(C)c(C)c2C)cn1. The molecule has 0 radical (unpaired) electrons. The highest BCUT2D eigenvalue weighted by Crippen LogP contribution is 2.18. The van der Waals surface area contributed by atoms with E-state index in [0.717, 1.165) is 17.1 Å². The molecule has 4 heteroatoms. The van der Waals surface area contributed by atoms with E-state index in [1.165, 1.54) is 5.56 Å². The molecule has 0 saturated heterocycles. The van der Waals surface area contributed by atoms with Crippen LogP contribution in [0.25, 0.3) is 5.69 Å². The summed E-state index contributed by atoms with van der Waals surface area (Å²) in [6.45, 7) is 8.05. The predicted octanol–water partition coefficient (Wildman–Crippen LogP) is 2.64. The number of aromatic nitrogens is 3. The highest BCUT2D eigenvalue weighted by Gasteiger charge is 2.10. The highest BCUT2D eigenvalue weighted by molar-refractivity contribution is 5.35. The molecule has 0 saturated carbocycles. The summed E-state index contributed by atoms with van der Waals surface area (Å²) < 4.78 is 1.89. The second kappa shape index (κ2) is 4.90. The zero-order valence-corrected chi connectivity index (χ0v) is 11.3. The van der Waals surface area contributed by atoms with Gasteiger partial charge in [-0.25, -0.2) is 4.68 Å². The Hall–Kier alpha value is -1.68. The Balaban J connectivity index is 2.37. The van der Waals surface area contributed by atoms with Crippen LogP contribution in [0.3, 0.4) is 0 Å². The molecule has 96 valence electrons. The summed E-state index contributed by atoms with van der Waals surface area (Å²) in [5.74, 6) is 0. The van der Waals surface area contributed by atoms with E-state index in [2.05, 4.69) is 17.0 Å². The Bertz CT molecular complexity index is 543. The van der Waals surface area contributed by atoms with Crippen molar-refractivity contribution in [2.45, 2.75) is 40.2 Å². The molecular formula is C14H19N3O. The number of nitrogens with zero attached hydrogens (tertiary/aromatic N) is 3. The molecule has 0 aliphatic carbocycles. The molecule has 4 nitrogen and oxygen atoms in total. The topological polar surface area (TPSA) is 50.9 Å². The monoisotopic (exact) mass is 245 g/mol. The van der Waals surface area contributed by atoms with E-state index in [1.807, 2.05) is 37.6 Å². The molecule has 2 aromatic heterocycles. The number of aryl methyl sites for hydroxylation is 1. The fourth-order valence-corrected chi connectivity index (χ4v) is 1.90. The van der Waals surface area contributed by atoms with E-state index in [0.29, 0.717) is 12.1 Å². The van der Waals surface area contributed by atoms with Gasteiger partial charge in [0.25, 0.3) is 0 Å². The van der Waals surface area contributed by atoms with E-state index >= 15 is 0 Å². The third-order valence-electron chi connectivity index (χ3n) is 3.40. The van der Waals surface area contributed by atoms with Crippen molar-refractivity contribution in [3.05, 3.63) is 41.0 Å². The van der Waals surface area contributed by atoms with Crippen LogP contribution in [0.1, 0.15) is 42.1 Å². The van der Waals surface area contributed by atoms with Crippen LogP contribution in [0.5, 0.6) is 0 Å². The van der Waals surface area contributed by atoms with Gasteiger partial charge in [-0.2, -0.15) is 5.10 Å². The Morgan fingerprint density at radius 1 is 1.28 bits per heavy atom. The number of pyridine rings is 1. The van der Waals surface area contributed by atoms with Gasteiger partial charge in [-0.1, -0.05) is 6.92 Å². The average molecular weight is 245 g/mol. The van der Waals surface area contributed by atoms with Crippen molar-refractivity contribution in [1.82, 2.24) is 14.8 Å². The normalized spacial score (nSPS) is 12.7. The molecule has 2 heterocycles. The van der Waals surface area contributed by atoms with Crippen molar-refractivity contribution in [1.29, 1.82) is 0 Å². The van der Waals surface area contributed by atoms with Gasteiger partial charge in [-0.05, 0) is 44.9 Å². The Morgan fingerprint density at radius 2 is 2.00 bits per heavy atom. The van der Waals surface area contributed by atoms with Crippen molar-refractivity contribution in [2.75, 3.05) is 0 Å². The number of aliphatic hydroxyl groups is 1. The third kappa shape index (κ3) is 2.16. The second-order valence-corrected chi connectivity index (χ2v) is 4.57. The van der Waals surface area contributed by atoms with Gasteiger partial charge in [-0.15, -0.1) is 0 Å². The largest absolute Gasteiger partial charge is 0.387 e. The lowest BCUT2D eigenvalue weighted by Crippen LogP contribution is -2.03. The summed E-state index contributed by atoms with van der Waals surface area (Å²) >= 11 is 0. The van der Waals surface area contributed by atoms with Crippen LogP contribution in [0.15, 0.2) is 18.3 Å². The minimum atomic E-state index is -0.485. The van der Waals surface area contributed by atoms with E-state index in [4.69, 9.17) is 0 Å². The van der Waals surface area contributed by atoms with Crippen LogP contribution in [0, 0.1) is 20.8 Å². The lowest BCUT2D eigenvalue weighted by Gasteiger charge is -2.09. The predicted molar refractivity (Wildman–Crippen MR) is 70.8 cm³/mol. The number of hydrogen-bond acceptors (Lipinski definition) is 3. The van der Waals surface area contributed by atoms with Crippen LogP contribution in [-0.2, 0) is 0 Å². The zero-order valence-electron chi connectivity index (χ0n) is 11.3. The van der Waals surface area contributed by atoms with E-state index in [9.17, 15) is 5.11 Å². The van der Waals surface area contributed by atoms with Gasteiger partial charge in [0.1, 0.15) is 0 Å². The summed E-state index contributed by atoms with van der Waals surface area (Å²) in [6, 6.07) is 3.80. The molecule has 18 heavy (non-hydrogen) atoms. The van der Waals surface area contributed by atoms with Crippen LogP contribution in [0.4, 0.5) is 0 Å². The summed E-state index contributed by atoms with van der Waals surface area (Å²) in [7, 11) is 0. The van der Waals surface area contributed by atoms with E-state index < -0.39 is 6.10 Å². The minimum absolute atomic E-state index is 0.485. The van der Waals surface area contributed by atoms with Crippen molar-refractivity contribution < 1.29 is 5.11 Å². The molecule has 0 amide bonds. The first kappa shape index (κ1) is 12.8. The lowest BCUT2D eigenvalue weighted by atomic mass is 10.2. The van der Waals surface area contributed by atoms with Crippen molar-refractivity contribution in [3.8, 4) is 5.69 Å². The van der Waals surface area contributed by atoms with E-state index in [1.54, 1.807) is 6.20 Å². The first-order valence-electron chi connectivity index (χ1n) is 6.21. The zero-order chi connectivity index (χ0) is 13.3. The van der Waals surface area contributed by atoms with Crippen LogP contribution >= 0.6 is 0 Å². The maximum atomic E-state index is 9.71. The molecule has 0 bridgehead atoms. The van der Waals surface area contributed by atoms with Gasteiger partial charge in [0.15, 0.2) is 0 Å². The number of hydrogen-bond donors (Lipinski definition) is 1. The van der Waals surface area contributed by atoms with Gasteiger partial charge in [-0.3, -0.25) is 4.98 Å². The van der Waals surface area contributed by atoms with Crippen LogP contribution in [0.2, 0.25) is 0 Å². The standard InChI is InChI=1S/C14H19N3O/c1-5-14(18)13-7-6-12(8-15-13)17-11(4)9(2)10(3)16-17/h6-8,14,18H,5H2,1-4H3/t14-/m1/s1. The first-order valence-corrected chi connectivity index (χ1v) is 6.21. The van der Waals surface area contributed by atoms with Gasteiger partial charge >= 0.3 is 0 Å². The van der Waals surface area contributed by atoms with Gasteiger partial charge in [0, 0.05) is 5.69 Å². The van der Waals surface area contributed by atoms with Crippen LogP contribution in [-0.4, -0.2) is 19.9 Å². The molecule has 1 N–H and O–H groups in total. The summed E-state index contributed by atoms with van der Waals surface area (Å²) in [4.78, 5) is 4.30. The Kier molecular flexibility index (Phi) is 3.48. The maximum absolute atomic E-state index is 9.71. The summed E-state index contributed by atoms with van der Waals surface area (Å²) in [5.41, 5.74) is 4.99. The smallest absolute Gasteiger partial charge is 0.0957 e. The highest BCUT2D eigenvalue weighted by atomic mass is 16.3. The number of rotatable bonds is 3. The summed E-state index contributed by atoms with van der Waals surface area (Å²) in [5, 5.41) is 14.2. The molecule has 0 unspecified atom stereocenters. The molecule has 0 aliphatic heterocycles. The fraction of sp³-hybridized carbons (Fsp3) is 0.429. The average Bonchev–Trinajstić information content (AvgIpc) is 2.66. The molecular weight excluding hydrogens is 226 g/mol. The third-order valence-corrected chi connectivity index (χ3v) is 3.40.